The molecule has 0 fully saturated rings. The van der Waals surface area contributed by atoms with Gasteiger partial charge in [0.25, 0.3) is 0 Å². The standard InChI is InChI=1S/C8H11NO.H3NO2S/c1-6-4-5-9-8(10-3)7(6)2;1-4(2)3/h4-5H,1-3H3;1H2,(H,2,3)/p-1. The van der Waals surface area contributed by atoms with Gasteiger partial charge in [-0.3, -0.25) is 9.35 Å². The van der Waals surface area contributed by atoms with E-state index in [1.807, 2.05) is 19.9 Å². The predicted molar refractivity (Wildman–Crippen MR) is 53.4 cm³/mol. The highest BCUT2D eigenvalue weighted by atomic mass is 32.2. The lowest BCUT2D eigenvalue weighted by atomic mass is 10.2. The van der Waals surface area contributed by atoms with Crippen LogP contribution in [0.5, 0.6) is 5.88 Å². The maximum Gasteiger partial charge on any atom is 0.216 e. The molecule has 0 bridgehead atoms. The van der Waals surface area contributed by atoms with Crippen LogP contribution in [0.3, 0.4) is 0 Å². The molecule has 80 valence electrons. The Kier molecular flexibility index (Phi) is 6.02. The van der Waals surface area contributed by atoms with Crippen molar-refractivity contribution in [3.63, 3.8) is 0 Å². The van der Waals surface area contributed by atoms with Gasteiger partial charge in [0, 0.05) is 23.0 Å². The highest BCUT2D eigenvalue weighted by Gasteiger charge is 1.99. The fraction of sp³-hybridized carbons (Fsp3) is 0.375. The SMILES string of the molecule is COc1nccc(C)c1C.NS(=O)[O-]. The molecule has 1 atom stereocenters. The third kappa shape index (κ3) is 4.90. The van der Waals surface area contributed by atoms with E-state index in [4.69, 9.17) is 13.5 Å². The van der Waals surface area contributed by atoms with Crippen LogP contribution in [-0.4, -0.2) is 20.9 Å². The van der Waals surface area contributed by atoms with Crippen molar-refractivity contribution in [2.45, 2.75) is 13.8 Å². The van der Waals surface area contributed by atoms with Gasteiger partial charge in [-0.2, -0.15) is 0 Å². The van der Waals surface area contributed by atoms with Crippen molar-refractivity contribution in [1.29, 1.82) is 0 Å². The Bertz CT molecular complexity index is 313. The van der Waals surface area contributed by atoms with E-state index < -0.39 is 11.3 Å². The second-order valence-electron chi connectivity index (χ2n) is 2.52. The summed E-state index contributed by atoms with van der Waals surface area (Å²) in [4.78, 5) is 4.04. The Balaban J connectivity index is 0.000000364. The van der Waals surface area contributed by atoms with Crippen molar-refractivity contribution in [2.75, 3.05) is 7.11 Å². The number of pyridine rings is 1. The summed E-state index contributed by atoms with van der Waals surface area (Å²) in [7, 11) is 1.63. The van der Waals surface area contributed by atoms with Crippen LogP contribution in [-0.2, 0) is 11.3 Å². The van der Waals surface area contributed by atoms with E-state index in [1.165, 1.54) is 5.56 Å². The van der Waals surface area contributed by atoms with Crippen LogP contribution >= 0.6 is 0 Å². The fourth-order valence-corrected chi connectivity index (χ4v) is 0.813. The summed E-state index contributed by atoms with van der Waals surface area (Å²) in [6.45, 7) is 4.04. The maximum atomic E-state index is 8.78. The zero-order valence-electron chi connectivity index (χ0n) is 8.31. The van der Waals surface area contributed by atoms with Gasteiger partial charge in [0.05, 0.1) is 7.11 Å². The first-order valence-electron chi connectivity index (χ1n) is 3.79. The first kappa shape index (κ1) is 13.0. The molecule has 0 aliphatic carbocycles. The average molecular weight is 217 g/mol. The number of rotatable bonds is 1. The van der Waals surface area contributed by atoms with Crippen molar-refractivity contribution < 1.29 is 13.5 Å². The molecule has 1 heterocycles. The molecule has 6 heteroatoms. The topological polar surface area (TPSA) is 88.3 Å². The van der Waals surface area contributed by atoms with Crippen LogP contribution in [0.2, 0.25) is 0 Å². The summed E-state index contributed by atoms with van der Waals surface area (Å²) in [5.74, 6) is 0.722. The summed E-state index contributed by atoms with van der Waals surface area (Å²) in [6.07, 6.45) is 1.75. The highest BCUT2D eigenvalue weighted by molar-refractivity contribution is 7.76. The number of nitrogens with zero attached hydrogens (tertiary/aromatic N) is 1. The van der Waals surface area contributed by atoms with E-state index in [9.17, 15) is 0 Å². The Morgan fingerprint density at radius 3 is 2.43 bits per heavy atom. The van der Waals surface area contributed by atoms with Crippen LogP contribution in [0.15, 0.2) is 12.3 Å². The van der Waals surface area contributed by atoms with Crippen LogP contribution in [0.25, 0.3) is 0 Å². The van der Waals surface area contributed by atoms with Crippen molar-refractivity contribution in [2.24, 2.45) is 5.14 Å². The number of ether oxygens (including phenoxy) is 1. The molecule has 0 aliphatic heterocycles. The van der Waals surface area contributed by atoms with Gasteiger partial charge in [0.15, 0.2) is 0 Å². The summed E-state index contributed by atoms with van der Waals surface area (Å²) < 4.78 is 22.6. The monoisotopic (exact) mass is 217 g/mol. The van der Waals surface area contributed by atoms with E-state index >= 15 is 0 Å². The maximum absolute atomic E-state index is 8.78. The summed E-state index contributed by atoms with van der Waals surface area (Å²) in [5, 5.41) is 4.03. The summed E-state index contributed by atoms with van der Waals surface area (Å²) in [5.41, 5.74) is 2.33. The van der Waals surface area contributed by atoms with Crippen molar-refractivity contribution in [3.8, 4) is 5.88 Å². The molecule has 1 aromatic rings. The Morgan fingerprint density at radius 2 is 2.07 bits per heavy atom. The lowest BCUT2D eigenvalue weighted by Crippen LogP contribution is -1.97. The largest absolute Gasteiger partial charge is 0.760 e. The zero-order valence-corrected chi connectivity index (χ0v) is 9.13. The van der Waals surface area contributed by atoms with Crippen LogP contribution < -0.4 is 9.88 Å². The molecule has 14 heavy (non-hydrogen) atoms. The number of aryl methyl sites for hydroxylation is 1. The Labute approximate surface area is 85.7 Å². The number of nitrogens with two attached hydrogens (primary N) is 1. The predicted octanol–water partition coefficient (Wildman–Crippen LogP) is 0.446. The smallest absolute Gasteiger partial charge is 0.216 e. The zero-order chi connectivity index (χ0) is 11.1. The highest BCUT2D eigenvalue weighted by Crippen LogP contribution is 2.15. The van der Waals surface area contributed by atoms with Crippen molar-refractivity contribution in [1.82, 2.24) is 4.98 Å². The Hall–Kier alpha value is -0.980. The summed E-state index contributed by atoms with van der Waals surface area (Å²) in [6, 6.07) is 1.97. The normalized spacial score (nSPS) is 11.2. The van der Waals surface area contributed by atoms with Crippen molar-refractivity contribution in [3.05, 3.63) is 23.4 Å². The molecule has 1 unspecified atom stereocenters. The molecule has 0 radical (unpaired) electrons. The van der Waals surface area contributed by atoms with Gasteiger partial charge in [0.2, 0.25) is 5.88 Å². The molecule has 1 aromatic heterocycles. The molecule has 0 aromatic carbocycles. The third-order valence-corrected chi connectivity index (χ3v) is 1.62. The van der Waals surface area contributed by atoms with E-state index in [1.54, 1.807) is 13.3 Å². The first-order chi connectivity index (χ1) is 6.49. The molecule has 0 spiro atoms. The number of hydrogen-bond donors (Lipinski definition) is 1. The first-order valence-corrected chi connectivity index (χ1v) is 4.92. The van der Waals surface area contributed by atoms with Gasteiger partial charge in [-0.05, 0) is 25.5 Å². The fourth-order valence-electron chi connectivity index (χ4n) is 0.813. The number of hydrogen-bond acceptors (Lipinski definition) is 4. The minimum Gasteiger partial charge on any atom is -0.760 e. The van der Waals surface area contributed by atoms with E-state index in [0.717, 1.165) is 11.4 Å². The van der Waals surface area contributed by atoms with Crippen molar-refractivity contribution >= 4 is 11.3 Å². The molecular formula is C8H13N2O3S-. The van der Waals surface area contributed by atoms with E-state index in [-0.39, 0.29) is 0 Å². The second-order valence-corrected chi connectivity index (χ2v) is 3.04. The second kappa shape index (κ2) is 6.47. The minimum atomic E-state index is -2.36. The van der Waals surface area contributed by atoms with Crippen LogP contribution in [0.4, 0.5) is 0 Å². The quantitative estimate of drug-likeness (QED) is 0.691. The average Bonchev–Trinajstić information content (AvgIpc) is 2.09. The molecule has 0 saturated heterocycles. The Morgan fingerprint density at radius 1 is 1.57 bits per heavy atom. The number of aromatic nitrogens is 1. The van der Waals surface area contributed by atoms with E-state index in [2.05, 4.69) is 10.1 Å². The molecule has 5 nitrogen and oxygen atoms in total. The lowest BCUT2D eigenvalue weighted by Gasteiger charge is -2.03. The van der Waals surface area contributed by atoms with Gasteiger partial charge in [-0.15, -0.1) is 0 Å². The molecular weight excluding hydrogens is 204 g/mol. The minimum absolute atomic E-state index is 0.722. The number of methoxy groups -OCH3 is 1. The molecule has 2 N–H and O–H groups in total. The van der Waals surface area contributed by atoms with Gasteiger partial charge in [-0.25, -0.2) is 4.98 Å². The molecule has 1 rings (SSSR count). The van der Waals surface area contributed by atoms with Crippen LogP contribution in [0, 0.1) is 13.8 Å². The van der Waals surface area contributed by atoms with Gasteiger partial charge < -0.3 is 9.29 Å². The lowest BCUT2D eigenvalue weighted by molar-refractivity contribution is 0.394. The van der Waals surface area contributed by atoms with Gasteiger partial charge in [-0.1, -0.05) is 0 Å². The van der Waals surface area contributed by atoms with Crippen LogP contribution in [0.1, 0.15) is 11.1 Å². The molecule has 0 aliphatic rings. The molecule has 0 amide bonds. The van der Waals surface area contributed by atoms with Gasteiger partial charge >= 0.3 is 0 Å². The third-order valence-electron chi connectivity index (χ3n) is 1.62. The molecule has 0 saturated carbocycles. The van der Waals surface area contributed by atoms with E-state index in [0.29, 0.717) is 0 Å². The summed E-state index contributed by atoms with van der Waals surface area (Å²) >= 11 is -2.36. The van der Waals surface area contributed by atoms with Gasteiger partial charge in [0.1, 0.15) is 0 Å².